The van der Waals surface area contributed by atoms with Crippen molar-refractivity contribution in [3.8, 4) is 0 Å². The lowest BCUT2D eigenvalue weighted by atomic mass is 9.87. The number of carbonyl (C=O) groups excluding carboxylic acids is 4. The van der Waals surface area contributed by atoms with Gasteiger partial charge in [0.25, 0.3) is 0 Å². The zero-order valence-electron chi connectivity index (χ0n) is 17.9. The van der Waals surface area contributed by atoms with Gasteiger partial charge in [-0.05, 0) is 12.5 Å². The molecule has 1 aromatic rings. The molecule has 1 rings (SSSR count). The van der Waals surface area contributed by atoms with Crippen molar-refractivity contribution in [1.82, 2.24) is 10.6 Å². The third kappa shape index (κ3) is 7.72. The van der Waals surface area contributed by atoms with Crippen LogP contribution < -0.4 is 10.6 Å². The van der Waals surface area contributed by atoms with E-state index in [1.165, 1.54) is 6.92 Å². The van der Waals surface area contributed by atoms with E-state index in [9.17, 15) is 29.1 Å². The van der Waals surface area contributed by atoms with Crippen molar-refractivity contribution in [2.24, 2.45) is 11.8 Å². The van der Waals surface area contributed by atoms with Crippen LogP contribution >= 0.6 is 0 Å². The third-order valence-corrected chi connectivity index (χ3v) is 4.80. The minimum atomic E-state index is -1.57. The molecule has 0 bridgehead atoms. The molecular weight excluding hydrogens is 408 g/mol. The zero-order valence-corrected chi connectivity index (χ0v) is 17.9. The average molecular weight is 436 g/mol. The van der Waals surface area contributed by atoms with Gasteiger partial charge in [-0.15, -0.1) is 0 Å². The molecule has 3 atom stereocenters. The Morgan fingerprint density at radius 3 is 1.81 bits per heavy atom. The van der Waals surface area contributed by atoms with Gasteiger partial charge in [0.15, 0.2) is 5.92 Å². The van der Waals surface area contributed by atoms with Crippen LogP contribution in [0.15, 0.2) is 30.3 Å². The van der Waals surface area contributed by atoms with Crippen molar-refractivity contribution in [2.45, 2.75) is 38.8 Å². The van der Waals surface area contributed by atoms with Gasteiger partial charge in [0.2, 0.25) is 11.8 Å². The van der Waals surface area contributed by atoms with Crippen LogP contribution in [0.1, 0.15) is 38.3 Å². The van der Waals surface area contributed by atoms with Gasteiger partial charge >= 0.3 is 17.9 Å². The van der Waals surface area contributed by atoms with Gasteiger partial charge in [0.1, 0.15) is 6.04 Å². The van der Waals surface area contributed by atoms with Crippen LogP contribution in [0.5, 0.6) is 0 Å². The van der Waals surface area contributed by atoms with Crippen molar-refractivity contribution in [3.63, 3.8) is 0 Å². The summed E-state index contributed by atoms with van der Waals surface area (Å²) in [7, 11) is 2.10. The second kappa shape index (κ2) is 12.3. The Bertz CT molecular complexity index is 780. The highest BCUT2D eigenvalue weighted by atomic mass is 16.5. The van der Waals surface area contributed by atoms with Crippen molar-refractivity contribution in [1.29, 1.82) is 0 Å². The number of hydrogen-bond acceptors (Lipinski definition) is 7. The quantitative estimate of drug-likeness (QED) is 0.341. The molecule has 0 saturated heterocycles. The Morgan fingerprint density at radius 2 is 1.35 bits per heavy atom. The fraction of sp³-hybridized carbons (Fsp3) is 0.476. The molecule has 2 amide bonds. The molecule has 0 aliphatic carbocycles. The molecule has 0 radical (unpaired) electrons. The van der Waals surface area contributed by atoms with Crippen LogP contribution in [-0.2, 0) is 33.4 Å². The molecule has 170 valence electrons. The number of hydrogen-bond donors (Lipinski definition) is 3. The minimum absolute atomic E-state index is 0.166. The molecule has 0 unspecified atom stereocenters. The van der Waals surface area contributed by atoms with Gasteiger partial charge < -0.3 is 25.2 Å². The summed E-state index contributed by atoms with van der Waals surface area (Å²) in [6.45, 7) is 3.11. The van der Waals surface area contributed by atoms with Crippen LogP contribution in [0.3, 0.4) is 0 Å². The van der Waals surface area contributed by atoms with E-state index in [0.717, 1.165) is 19.8 Å². The first-order chi connectivity index (χ1) is 14.6. The number of nitrogens with one attached hydrogen (secondary N) is 2. The molecule has 0 spiro atoms. The maximum absolute atomic E-state index is 12.2. The molecule has 0 aliphatic rings. The summed E-state index contributed by atoms with van der Waals surface area (Å²) in [5.74, 6) is -7.19. The molecule has 0 aliphatic heterocycles. The van der Waals surface area contributed by atoms with E-state index in [0.29, 0.717) is 0 Å². The van der Waals surface area contributed by atoms with Crippen LogP contribution in [-0.4, -0.2) is 55.1 Å². The normalized spacial score (nSPS) is 13.5. The van der Waals surface area contributed by atoms with E-state index in [4.69, 9.17) is 0 Å². The smallest absolute Gasteiger partial charge is 0.326 e. The van der Waals surface area contributed by atoms with E-state index < -0.39 is 41.7 Å². The van der Waals surface area contributed by atoms with Gasteiger partial charge in [-0.2, -0.15) is 0 Å². The number of methoxy groups -OCH3 is 2. The molecule has 10 heteroatoms. The second-order valence-electron chi connectivity index (χ2n) is 6.97. The minimum Gasteiger partial charge on any atom is -0.480 e. The molecular formula is C21H28N2O8. The largest absolute Gasteiger partial charge is 0.480 e. The molecule has 0 fully saturated rings. The van der Waals surface area contributed by atoms with Gasteiger partial charge in [-0.1, -0.05) is 37.3 Å². The maximum Gasteiger partial charge on any atom is 0.326 e. The van der Waals surface area contributed by atoms with E-state index >= 15 is 0 Å². The van der Waals surface area contributed by atoms with Gasteiger partial charge in [-0.3, -0.25) is 19.2 Å². The number of ether oxygens (including phenoxy) is 2. The number of esters is 2. The molecule has 0 aromatic heterocycles. The molecule has 31 heavy (non-hydrogen) atoms. The fourth-order valence-corrected chi connectivity index (χ4v) is 3.00. The summed E-state index contributed by atoms with van der Waals surface area (Å²) in [4.78, 5) is 59.8. The van der Waals surface area contributed by atoms with E-state index in [1.54, 1.807) is 6.92 Å². The van der Waals surface area contributed by atoms with E-state index in [1.807, 2.05) is 30.3 Å². The predicted octanol–water partition coefficient (Wildman–Crippen LogP) is 0.812. The highest BCUT2D eigenvalue weighted by Crippen LogP contribution is 2.20. The highest BCUT2D eigenvalue weighted by Gasteiger charge is 2.42. The number of aliphatic carboxylic acids is 1. The standard InChI is InChI=1S/C21H28N2O8/c1-12(17(20(28)30-3)21(29)31-4)18(19(26)27)23-16(25)11-10-15(24)22-13(2)14-8-6-5-7-9-14/h5-9,12-13,17-18H,10-11H2,1-4H3,(H,22,24)(H,23,25)(H,26,27)/t12-,13-,18+/m1/s1. The monoisotopic (exact) mass is 436 g/mol. The van der Waals surface area contributed by atoms with Gasteiger partial charge in [0, 0.05) is 18.8 Å². The van der Waals surface area contributed by atoms with Crippen LogP contribution in [0.4, 0.5) is 0 Å². The molecule has 10 nitrogen and oxygen atoms in total. The fourth-order valence-electron chi connectivity index (χ4n) is 3.00. The van der Waals surface area contributed by atoms with Crippen molar-refractivity contribution in [3.05, 3.63) is 35.9 Å². The topological polar surface area (TPSA) is 148 Å². The highest BCUT2D eigenvalue weighted by molar-refractivity contribution is 5.96. The third-order valence-electron chi connectivity index (χ3n) is 4.80. The van der Waals surface area contributed by atoms with Crippen LogP contribution in [0.25, 0.3) is 0 Å². The van der Waals surface area contributed by atoms with Crippen LogP contribution in [0, 0.1) is 11.8 Å². The Morgan fingerprint density at radius 1 is 0.871 bits per heavy atom. The first kappa shape index (κ1) is 25.6. The number of rotatable bonds is 11. The van der Waals surface area contributed by atoms with E-state index in [2.05, 4.69) is 20.1 Å². The Kier molecular flexibility index (Phi) is 10.2. The summed E-state index contributed by atoms with van der Waals surface area (Å²) in [6.07, 6.45) is -0.438. The van der Waals surface area contributed by atoms with Gasteiger partial charge in [0.05, 0.1) is 20.3 Å². The van der Waals surface area contributed by atoms with Gasteiger partial charge in [-0.25, -0.2) is 4.79 Å². The summed E-state index contributed by atoms with van der Waals surface area (Å²) < 4.78 is 9.09. The van der Waals surface area contributed by atoms with Crippen LogP contribution in [0.2, 0.25) is 0 Å². The first-order valence-corrected chi connectivity index (χ1v) is 9.64. The molecule has 1 aromatic carbocycles. The Balaban J connectivity index is 2.70. The summed E-state index contributed by atoms with van der Waals surface area (Å²) in [6, 6.07) is 7.42. The van der Waals surface area contributed by atoms with Crippen molar-refractivity contribution < 1.29 is 38.6 Å². The first-order valence-electron chi connectivity index (χ1n) is 9.64. The number of carbonyl (C=O) groups is 5. The predicted molar refractivity (Wildman–Crippen MR) is 108 cm³/mol. The average Bonchev–Trinajstić information content (AvgIpc) is 2.75. The lowest BCUT2D eigenvalue weighted by molar-refractivity contribution is -0.163. The number of amides is 2. The summed E-state index contributed by atoms with van der Waals surface area (Å²) in [5, 5.41) is 14.5. The second-order valence-corrected chi connectivity index (χ2v) is 6.97. The van der Waals surface area contributed by atoms with Crippen molar-refractivity contribution >= 4 is 29.7 Å². The zero-order chi connectivity index (χ0) is 23.6. The number of benzene rings is 1. The van der Waals surface area contributed by atoms with Crippen molar-refractivity contribution in [2.75, 3.05) is 14.2 Å². The summed E-state index contributed by atoms with van der Waals surface area (Å²) in [5.41, 5.74) is 0.900. The lowest BCUT2D eigenvalue weighted by Gasteiger charge is -2.26. The number of carboxylic acid groups (broad SMARTS) is 1. The summed E-state index contributed by atoms with van der Waals surface area (Å²) >= 11 is 0. The maximum atomic E-state index is 12.2. The molecule has 0 heterocycles. The van der Waals surface area contributed by atoms with E-state index in [-0.39, 0.29) is 24.8 Å². The Hall–Kier alpha value is -3.43. The lowest BCUT2D eigenvalue weighted by Crippen LogP contribution is -2.50. The number of carboxylic acids is 1. The molecule has 3 N–H and O–H groups in total. The Labute approximate surface area is 180 Å². The molecule has 0 saturated carbocycles. The SMILES string of the molecule is COC(=O)C(C(=O)OC)[C@@H](C)[C@H](NC(=O)CCC(=O)N[C@H](C)c1ccccc1)C(=O)O.